The fourth-order valence-electron chi connectivity index (χ4n) is 2.00. The van der Waals surface area contributed by atoms with Gasteiger partial charge in [0.15, 0.2) is 0 Å². The highest BCUT2D eigenvalue weighted by atomic mass is 32.2. The third kappa shape index (κ3) is 3.25. The third-order valence-corrected chi connectivity index (χ3v) is 4.08. The van der Waals surface area contributed by atoms with Crippen LogP contribution < -0.4 is 11.1 Å². The Labute approximate surface area is 108 Å². The molecule has 2 rings (SSSR count). The molecule has 0 amide bonds. The van der Waals surface area contributed by atoms with E-state index in [-0.39, 0.29) is 17.4 Å². The topological polar surface area (TPSA) is 38.0 Å². The minimum atomic E-state index is -4.38. The summed E-state index contributed by atoms with van der Waals surface area (Å²) in [6, 6.07) is 4.00. The van der Waals surface area contributed by atoms with Crippen molar-refractivity contribution in [2.75, 3.05) is 22.6 Å². The van der Waals surface area contributed by atoms with E-state index in [1.54, 1.807) is 11.8 Å². The van der Waals surface area contributed by atoms with Crippen molar-refractivity contribution in [3.8, 4) is 0 Å². The van der Waals surface area contributed by atoms with Crippen LogP contribution in [0.4, 0.5) is 24.5 Å². The van der Waals surface area contributed by atoms with Crippen molar-refractivity contribution in [3.63, 3.8) is 0 Å². The summed E-state index contributed by atoms with van der Waals surface area (Å²) in [5.74, 6) is 1.94. The van der Waals surface area contributed by atoms with E-state index in [1.807, 2.05) is 0 Å². The first-order valence-corrected chi connectivity index (χ1v) is 6.93. The Morgan fingerprint density at radius 3 is 2.72 bits per heavy atom. The predicted octanol–water partition coefficient (Wildman–Crippen LogP) is 3.60. The summed E-state index contributed by atoms with van der Waals surface area (Å²) < 4.78 is 38.6. The number of hydrogen-bond donors (Lipinski definition) is 2. The van der Waals surface area contributed by atoms with Crippen LogP contribution in [0.3, 0.4) is 0 Å². The number of rotatable bonds is 2. The molecule has 6 heteroatoms. The van der Waals surface area contributed by atoms with Crippen molar-refractivity contribution in [1.29, 1.82) is 0 Å². The summed E-state index contributed by atoms with van der Waals surface area (Å²) in [6.45, 7) is 0. The van der Waals surface area contributed by atoms with E-state index in [0.29, 0.717) is 0 Å². The van der Waals surface area contributed by atoms with E-state index in [4.69, 9.17) is 5.73 Å². The van der Waals surface area contributed by atoms with E-state index in [1.165, 1.54) is 12.1 Å². The Morgan fingerprint density at radius 2 is 2.11 bits per heavy atom. The van der Waals surface area contributed by atoms with Gasteiger partial charge in [-0.2, -0.15) is 24.9 Å². The molecule has 100 valence electrons. The second kappa shape index (κ2) is 5.30. The molecule has 1 unspecified atom stereocenters. The van der Waals surface area contributed by atoms with Crippen LogP contribution >= 0.6 is 11.8 Å². The average Bonchev–Trinajstić information content (AvgIpc) is 2.31. The number of thioether (sulfide) groups is 1. The first-order valence-electron chi connectivity index (χ1n) is 5.78. The quantitative estimate of drug-likeness (QED) is 0.811. The molecule has 1 aliphatic heterocycles. The highest BCUT2D eigenvalue weighted by Gasteiger charge is 2.34. The van der Waals surface area contributed by atoms with Crippen LogP contribution in [0.2, 0.25) is 0 Å². The van der Waals surface area contributed by atoms with E-state index < -0.39 is 11.7 Å². The number of nitrogens with one attached hydrogen (secondary N) is 1. The first kappa shape index (κ1) is 13.4. The minimum Gasteiger partial charge on any atom is -0.399 e. The molecular formula is C12H15F3N2S. The fraction of sp³-hybridized carbons (Fsp3) is 0.500. The van der Waals surface area contributed by atoms with E-state index >= 15 is 0 Å². The summed E-state index contributed by atoms with van der Waals surface area (Å²) in [5, 5.41) is 2.99. The maximum Gasteiger partial charge on any atom is 0.418 e. The average molecular weight is 276 g/mol. The van der Waals surface area contributed by atoms with Gasteiger partial charge in [0.25, 0.3) is 0 Å². The molecular weight excluding hydrogens is 261 g/mol. The van der Waals surface area contributed by atoms with Crippen LogP contribution in [-0.2, 0) is 6.18 Å². The lowest BCUT2D eigenvalue weighted by atomic mass is 10.1. The summed E-state index contributed by atoms with van der Waals surface area (Å²) in [6.07, 6.45) is -2.42. The van der Waals surface area contributed by atoms with Crippen LogP contribution in [-0.4, -0.2) is 17.5 Å². The van der Waals surface area contributed by atoms with Gasteiger partial charge in [-0.15, -0.1) is 0 Å². The van der Waals surface area contributed by atoms with Crippen molar-refractivity contribution < 1.29 is 13.2 Å². The van der Waals surface area contributed by atoms with Crippen LogP contribution in [0.5, 0.6) is 0 Å². The number of benzene rings is 1. The molecule has 1 saturated heterocycles. The Balaban J connectivity index is 2.21. The van der Waals surface area contributed by atoms with Gasteiger partial charge in [0.2, 0.25) is 0 Å². The molecule has 0 aromatic heterocycles. The number of hydrogen-bond acceptors (Lipinski definition) is 3. The van der Waals surface area contributed by atoms with E-state index in [2.05, 4.69) is 5.32 Å². The smallest absolute Gasteiger partial charge is 0.399 e. The summed E-state index contributed by atoms with van der Waals surface area (Å²) in [4.78, 5) is 0. The largest absolute Gasteiger partial charge is 0.418 e. The lowest BCUT2D eigenvalue weighted by Gasteiger charge is -2.25. The highest BCUT2D eigenvalue weighted by molar-refractivity contribution is 7.99. The van der Waals surface area contributed by atoms with Crippen LogP contribution in [0, 0.1) is 0 Å². The molecule has 1 aliphatic rings. The number of alkyl halides is 3. The van der Waals surface area contributed by atoms with Crippen molar-refractivity contribution in [3.05, 3.63) is 23.8 Å². The normalized spacial score (nSPS) is 20.7. The Bertz CT molecular complexity index is 414. The number of nitrogen functional groups attached to an aromatic ring is 1. The van der Waals surface area contributed by atoms with Crippen LogP contribution in [0.25, 0.3) is 0 Å². The van der Waals surface area contributed by atoms with Gasteiger partial charge in [0.1, 0.15) is 0 Å². The molecule has 1 aromatic carbocycles. The number of nitrogens with two attached hydrogens (primary N) is 1. The molecule has 3 N–H and O–H groups in total. The SMILES string of the molecule is Nc1ccc(NC2CCCSC2)c(C(F)(F)F)c1. The maximum absolute atomic E-state index is 12.9. The molecule has 1 fully saturated rings. The molecule has 0 radical (unpaired) electrons. The predicted molar refractivity (Wildman–Crippen MR) is 69.8 cm³/mol. The Kier molecular flexibility index (Phi) is 3.94. The second-order valence-electron chi connectivity index (χ2n) is 4.36. The Hall–Kier alpha value is -1.04. The van der Waals surface area contributed by atoms with Gasteiger partial charge in [-0.25, -0.2) is 0 Å². The highest BCUT2D eigenvalue weighted by Crippen LogP contribution is 2.37. The van der Waals surface area contributed by atoms with Gasteiger partial charge in [-0.1, -0.05) is 0 Å². The van der Waals surface area contributed by atoms with E-state index in [0.717, 1.165) is 30.4 Å². The molecule has 1 atom stereocenters. The zero-order valence-electron chi connectivity index (χ0n) is 9.76. The molecule has 18 heavy (non-hydrogen) atoms. The number of anilines is 2. The minimum absolute atomic E-state index is 0.105. The second-order valence-corrected chi connectivity index (χ2v) is 5.51. The maximum atomic E-state index is 12.9. The summed E-state index contributed by atoms with van der Waals surface area (Å²) in [5.41, 5.74) is 5.00. The van der Waals surface area contributed by atoms with E-state index in [9.17, 15) is 13.2 Å². The summed E-state index contributed by atoms with van der Waals surface area (Å²) >= 11 is 1.77. The number of halogens is 3. The molecule has 2 nitrogen and oxygen atoms in total. The van der Waals surface area contributed by atoms with Crippen molar-refractivity contribution in [1.82, 2.24) is 0 Å². The van der Waals surface area contributed by atoms with Crippen LogP contribution in [0.15, 0.2) is 18.2 Å². The van der Waals surface area contributed by atoms with Gasteiger partial charge in [-0.05, 0) is 36.8 Å². The lowest BCUT2D eigenvalue weighted by Crippen LogP contribution is -2.27. The molecule has 0 saturated carbocycles. The zero-order chi connectivity index (χ0) is 13.2. The third-order valence-electron chi connectivity index (χ3n) is 2.87. The Morgan fingerprint density at radius 1 is 1.33 bits per heavy atom. The van der Waals surface area contributed by atoms with Crippen LogP contribution in [0.1, 0.15) is 18.4 Å². The van der Waals surface area contributed by atoms with Gasteiger partial charge in [0.05, 0.1) is 5.56 Å². The van der Waals surface area contributed by atoms with Gasteiger partial charge in [0, 0.05) is 23.2 Å². The molecule has 1 aromatic rings. The van der Waals surface area contributed by atoms with Crippen molar-refractivity contribution in [2.24, 2.45) is 0 Å². The first-order chi connectivity index (χ1) is 8.47. The van der Waals surface area contributed by atoms with Crippen molar-refractivity contribution >= 4 is 23.1 Å². The van der Waals surface area contributed by atoms with Gasteiger partial charge >= 0.3 is 6.18 Å². The summed E-state index contributed by atoms with van der Waals surface area (Å²) in [7, 11) is 0. The van der Waals surface area contributed by atoms with Crippen molar-refractivity contribution in [2.45, 2.75) is 25.1 Å². The zero-order valence-corrected chi connectivity index (χ0v) is 10.6. The van der Waals surface area contributed by atoms with Gasteiger partial charge < -0.3 is 11.1 Å². The standard InChI is InChI=1S/C12H15F3N2S/c13-12(14,15)10-6-8(16)3-4-11(10)17-9-2-1-5-18-7-9/h3-4,6,9,17H,1-2,5,7,16H2. The molecule has 0 spiro atoms. The monoisotopic (exact) mass is 276 g/mol. The van der Waals surface area contributed by atoms with Gasteiger partial charge in [-0.3, -0.25) is 0 Å². The fourth-order valence-corrected chi connectivity index (χ4v) is 3.07. The lowest BCUT2D eigenvalue weighted by molar-refractivity contribution is -0.136. The molecule has 1 heterocycles. The molecule has 0 aliphatic carbocycles. The molecule has 0 bridgehead atoms.